The number of amides is 4. The van der Waals surface area contributed by atoms with Crippen LogP contribution in [-0.4, -0.2) is 29.3 Å². The zero-order chi connectivity index (χ0) is 13.6. The van der Waals surface area contributed by atoms with Gasteiger partial charge in [0.2, 0.25) is 5.91 Å². The van der Waals surface area contributed by atoms with E-state index in [4.69, 9.17) is 5.73 Å². The zero-order valence-corrected chi connectivity index (χ0v) is 10.2. The number of nitrogens with one attached hydrogen (secondary N) is 1. The summed E-state index contributed by atoms with van der Waals surface area (Å²) >= 11 is 0. The molecule has 0 saturated carbocycles. The number of hydrogen-bond donors (Lipinski definition) is 2. The topological polar surface area (TPSA) is 92.5 Å². The summed E-state index contributed by atoms with van der Waals surface area (Å²) < 4.78 is 0. The van der Waals surface area contributed by atoms with E-state index in [0.717, 1.165) is 22.4 Å². The van der Waals surface area contributed by atoms with E-state index < -0.39 is 17.5 Å². The average Bonchev–Trinajstić information content (AvgIpc) is 2.85. The summed E-state index contributed by atoms with van der Waals surface area (Å²) in [6.07, 6.45) is 1.25. The van der Waals surface area contributed by atoms with E-state index in [-0.39, 0.29) is 12.5 Å². The molecular weight excluding hydrogens is 246 g/mol. The van der Waals surface area contributed by atoms with Crippen molar-refractivity contribution in [2.75, 3.05) is 6.54 Å². The molecule has 1 aliphatic heterocycles. The van der Waals surface area contributed by atoms with Gasteiger partial charge in [-0.25, -0.2) is 4.79 Å². The number of rotatable bonds is 2. The minimum Gasteiger partial charge on any atom is -0.368 e. The van der Waals surface area contributed by atoms with Crippen LogP contribution in [0.5, 0.6) is 0 Å². The number of fused-ring (bicyclic) bond motifs is 2. The number of nitrogens with zero attached hydrogens (tertiary/aromatic N) is 1. The van der Waals surface area contributed by atoms with Crippen LogP contribution in [0.4, 0.5) is 4.79 Å². The fourth-order valence-electron chi connectivity index (χ4n) is 2.89. The standard InChI is InChI=1S/C13H13N3O3/c14-10(17)7-16-11(18)13(15-12(16)19)6-5-8-3-1-2-4-9(8)13/h1-4H,5-7H2,(H2,14,17)(H,15,19). The van der Waals surface area contributed by atoms with Crippen LogP contribution in [0.15, 0.2) is 24.3 Å². The smallest absolute Gasteiger partial charge is 0.325 e. The maximum atomic E-state index is 12.5. The average molecular weight is 259 g/mol. The molecule has 1 unspecified atom stereocenters. The van der Waals surface area contributed by atoms with E-state index in [2.05, 4.69) is 5.32 Å². The van der Waals surface area contributed by atoms with Gasteiger partial charge in [0.15, 0.2) is 0 Å². The van der Waals surface area contributed by atoms with Gasteiger partial charge in [0.25, 0.3) is 5.91 Å². The molecule has 3 rings (SSSR count). The Hall–Kier alpha value is -2.37. The van der Waals surface area contributed by atoms with Gasteiger partial charge in [0, 0.05) is 0 Å². The van der Waals surface area contributed by atoms with E-state index in [1.165, 1.54) is 0 Å². The van der Waals surface area contributed by atoms with Crippen LogP contribution in [0, 0.1) is 0 Å². The Balaban J connectivity index is 2.02. The maximum Gasteiger partial charge on any atom is 0.325 e. The molecule has 1 aromatic carbocycles. The van der Waals surface area contributed by atoms with Crippen molar-refractivity contribution in [3.8, 4) is 0 Å². The lowest BCUT2D eigenvalue weighted by Crippen LogP contribution is -2.43. The Labute approximate surface area is 109 Å². The normalized spacial score (nSPS) is 24.7. The second kappa shape index (κ2) is 3.81. The van der Waals surface area contributed by atoms with Gasteiger partial charge in [-0.05, 0) is 24.0 Å². The van der Waals surface area contributed by atoms with E-state index in [1.54, 1.807) is 0 Å². The van der Waals surface area contributed by atoms with Gasteiger partial charge in [-0.15, -0.1) is 0 Å². The molecule has 98 valence electrons. The molecule has 6 nitrogen and oxygen atoms in total. The summed E-state index contributed by atoms with van der Waals surface area (Å²) in [4.78, 5) is 36.2. The summed E-state index contributed by atoms with van der Waals surface area (Å²) in [5.41, 5.74) is 5.93. The first kappa shape index (κ1) is 11.7. The van der Waals surface area contributed by atoms with Gasteiger partial charge in [-0.1, -0.05) is 24.3 Å². The van der Waals surface area contributed by atoms with Crippen LogP contribution in [0.2, 0.25) is 0 Å². The molecule has 1 aromatic rings. The van der Waals surface area contributed by atoms with E-state index in [1.807, 2.05) is 24.3 Å². The summed E-state index contributed by atoms with van der Waals surface area (Å²) in [6.45, 7) is -0.380. The fourth-order valence-corrected chi connectivity index (χ4v) is 2.89. The van der Waals surface area contributed by atoms with Gasteiger partial charge >= 0.3 is 6.03 Å². The van der Waals surface area contributed by atoms with Crippen LogP contribution in [0.25, 0.3) is 0 Å². The van der Waals surface area contributed by atoms with Crippen molar-refractivity contribution >= 4 is 17.8 Å². The number of primary amides is 1. The van der Waals surface area contributed by atoms with E-state index in [9.17, 15) is 14.4 Å². The van der Waals surface area contributed by atoms with Crippen molar-refractivity contribution < 1.29 is 14.4 Å². The summed E-state index contributed by atoms with van der Waals surface area (Å²) in [5, 5.41) is 2.72. The Morgan fingerprint density at radius 2 is 2.11 bits per heavy atom. The molecule has 1 fully saturated rings. The van der Waals surface area contributed by atoms with E-state index in [0.29, 0.717) is 6.42 Å². The van der Waals surface area contributed by atoms with Gasteiger partial charge in [-0.2, -0.15) is 0 Å². The first-order valence-corrected chi connectivity index (χ1v) is 6.05. The predicted octanol–water partition coefficient (Wildman–Crippen LogP) is -0.135. The van der Waals surface area contributed by atoms with Crippen LogP contribution < -0.4 is 11.1 Å². The summed E-state index contributed by atoms with van der Waals surface area (Å²) in [6, 6.07) is 6.97. The Morgan fingerprint density at radius 1 is 1.37 bits per heavy atom. The largest absolute Gasteiger partial charge is 0.368 e. The molecule has 19 heavy (non-hydrogen) atoms. The molecule has 1 aliphatic carbocycles. The van der Waals surface area contributed by atoms with Gasteiger partial charge in [-0.3, -0.25) is 14.5 Å². The molecule has 3 N–H and O–H groups in total. The fraction of sp³-hybridized carbons (Fsp3) is 0.308. The second-order valence-electron chi connectivity index (χ2n) is 4.85. The van der Waals surface area contributed by atoms with Crippen molar-refractivity contribution in [2.45, 2.75) is 18.4 Å². The Morgan fingerprint density at radius 3 is 2.84 bits per heavy atom. The van der Waals surface area contributed by atoms with Crippen LogP contribution in [-0.2, 0) is 21.5 Å². The van der Waals surface area contributed by atoms with Crippen molar-refractivity contribution in [3.63, 3.8) is 0 Å². The van der Waals surface area contributed by atoms with Crippen molar-refractivity contribution in [1.82, 2.24) is 10.2 Å². The third-order valence-electron chi connectivity index (χ3n) is 3.74. The highest BCUT2D eigenvalue weighted by atomic mass is 16.2. The lowest BCUT2D eigenvalue weighted by Gasteiger charge is -2.21. The maximum absolute atomic E-state index is 12.5. The molecular formula is C13H13N3O3. The van der Waals surface area contributed by atoms with Crippen molar-refractivity contribution in [2.24, 2.45) is 5.73 Å². The highest BCUT2D eigenvalue weighted by molar-refractivity contribution is 6.09. The lowest BCUT2D eigenvalue weighted by molar-refractivity contribution is -0.134. The molecule has 6 heteroatoms. The highest BCUT2D eigenvalue weighted by Gasteiger charge is 2.55. The molecule has 1 saturated heterocycles. The molecule has 1 spiro atoms. The molecule has 2 aliphatic rings. The third-order valence-corrected chi connectivity index (χ3v) is 3.74. The van der Waals surface area contributed by atoms with Gasteiger partial charge in [0.05, 0.1) is 0 Å². The minimum atomic E-state index is -1.01. The lowest BCUT2D eigenvalue weighted by atomic mass is 9.92. The monoisotopic (exact) mass is 259 g/mol. The number of aryl methyl sites for hydroxylation is 1. The number of urea groups is 1. The number of carbonyl (C=O) groups is 3. The quantitative estimate of drug-likeness (QED) is 0.724. The molecule has 0 aromatic heterocycles. The summed E-state index contributed by atoms with van der Waals surface area (Å²) in [5.74, 6) is -1.09. The van der Waals surface area contributed by atoms with Crippen molar-refractivity contribution in [3.05, 3.63) is 35.4 Å². The Kier molecular flexibility index (Phi) is 2.35. The van der Waals surface area contributed by atoms with E-state index >= 15 is 0 Å². The number of nitrogens with two attached hydrogens (primary N) is 1. The minimum absolute atomic E-state index is 0.380. The number of carbonyl (C=O) groups excluding carboxylic acids is 3. The number of hydrogen-bond acceptors (Lipinski definition) is 3. The molecule has 0 bridgehead atoms. The number of imide groups is 1. The third kappa shape index (κ3) is 1.53. The summed E-state index contributed by atoms with van der Waals surface area (Å²) in [7, 11) is 0. The number of benzene rings is 1. The first-order valence-electron chi connectivity index (χ1n) is 6.05. The second-order valence-corrected chi connectivity index (χ2v) is 4.85. The molecule has 1 atom stereocenters. The highest BCUT2D eigenvalue weighted by Crippen LogP contribution is 2.40. The SMILES string of the molecule is NC(=O)CN1C(=O)NC2(CCc3ccccc32)C1=O. The van der Waals surface area contributed by atoms with Crippen LogP contribution in [0.3, 0.4) is 0 Å². The van der Waals surface area contributed by atoms with Crippen LogP contribution >= 0.6 is 0 Å². The predicted molar refractivity (Wildman–Crippen MR) is 65.9 cm³/mol. The molecule has 0 radical (unpaired) electrons. The van der Waals surface area contributed by atoms with Crippen LogP contribution in [0.1, 0.15) is 17.5 Å². The van der Waals surface area contributed by atoms with Gasteiger partial charge in [0.1, 0.15) is 12.1 Å². The van der Waals surface area contributed by atoms with Gasteiger partial charge < -0.3 is 11.1 Å². The molecule has 4 amide bonds. The Bertz CT molecular complexity index is 599. The van der Waals surface area contributed by atoms with Crippen molar-refractivity contribution in [1.29, 1.82) is 0 Å². The first-order chi connectivity index (χ1) is 9.04. The molecule has 1 heterocycles. The zero-order valence-electron chi connectivity index (χ0n) is 10.2.